The van der Waals surface area contributed by atoms with E-state index in [1.807, 2.05) is 0 Å². The van der Waals surface area contributed by atoms with Gasteiger partial charge in [0.25, 0.3) is 0 Å². The number of anilines is 1. The van der Waals surface area contributed by atoms with E-state index in [9.17, 15) is 26.3 Å². The topological polar surface area (TPSA) is 47.0 Å². The third-order valence-corrected chi connectivity index (χ3v) is 3.01. The molecule has 0 saturated heterocycles. The first kappa shape index (κ1) is 17.8. The molecule has 1 N–H and O–H groups in total. The highest BCUT2D eigenvalue weighted by molar-refractivity contribution is 5.40. The minimum absolute atomic E-state index is 0.0152. The highest BCUT2D eigenvalue weighted by Crippen LogP contribution is 2.34. The van der Waals surface area contributed by atoms with Gasteiger partial charge in [-0.15, -0.1) is 0 Å². The molecular formula is C14H11F6N3O. The molecule has 10 heteroatoms. The Morgan fingerprint density at radius 3 is 2.33 bits per heavy atom. The zero-order chi connectivity index (χ0) is 18.0. The van der Waals surface area contributed by atoms with Gasteiger partial charge in [0.05, 0.1) is 12.7 Å². The van der Waals surface area contributed by atoms with Crippen LogP contribution in [-0.4, -0.2) is 17.1 Å². The lowest BCUT2D eigenvalue weighted by molar-refractivity contribution is -0.141. The molecule has 0 amide bonds. The van der Waals surface area contributed by atoms with Crippen molar-refractivity contribution in [3.05, 3.63) is 47.3 Å². The molecule has 0 radical (unpaired) electrons. The van der Waals surface area contributed by atoms with Crippen molar-refractivity contribution in [1.29, 1.82) is 0 Å². The van der Waals surface area contributed by atoms with Gasteiger partial charge in [-0.2, -0.15) is 26.3 Å². The van der Waals surface area contributed by atoms with Crippen LogP contribution in [0, 0.1) is 0 Å². The first-order chi connectivity index (χ1) is 11.1. The van der Waals surface area contributed by atoms with Gasteiger partial charge in [0.2, 0.25) is 5.95 Å². The molecule has 1 aromatic carbocycles. The van der Waals surface area contributed by atoms with Crippen molar-refractivity contribution in [2.24, 2.45) is 0 Å². The molecule has 4 nitrogen and oxygen atoms in total. The standard InChI is InChI=1S/C14H11F6N3O/c1-24-9-3-2-8(10(6-9)13(15,16)17)7-22-12-21-5-4-11(23-12)14(18,19)20/h2-6H,7H2,1H3,(H,21,22,23). The molecule has 0 saturated carbocycles. The predicted octanol–water partition coefficient (Wildman–Crippen LogP) is 4.13. The van der Waals surface area contributed by atoms with Crippen LogP contribution >= 0.6 is 0 Å². The number of halogens is 6. The summed E-state index contributed by atoms with van der Waals surface area (Å²) in [4.78, 5) is 6.80. The summed E-state index contributed by atoms with van der Waals surface area (Å²) in [5.41, 5.74) is -2.32. The van der Waals surface area contributed by atoms with E-state index < -0.39 is 36.1 Å². The average Bonchev–Trinajstić information content (AvgIpc) is 2.51. The number of methoxy groups -OCH3 is 1. The van der Waals surface area contributed by atoms with E-state index in [0.29, 0.717) is 6.07 Å². The number of aromatic nitrogens is 2. The van der Waals surface area contributed by atoms with Crippen molar-refractivity contribution >= 4 is 5.95 Å². The van der Waals surface area contributed by atoms with Crippen LogP contribution in [0.1, 0.15) is 16.8 Å². The molecule has 24 heavy (non-hydrogen) atoms. The maximum absolute atomic E-state index is 13.0. The molecule has 0 aliphatic carbocycles. The minimum Gasteiger partial charge on any atom is -0.497 e. The second-order valence-corrected chi connectivity index (χ2v) is 4.64. The lowest BCUT2D eigenvalue weighted by Crippen LogP contribution is -2.14. The van der Waals surface area contributed by atoms with Crippen LogP contribution in [0.15, 0.2) is 30.5 Å². The van der Waals surface area contributed by atoms with Crippen LogP contribution in [-0.2, 0) is 18.9 Å². The Kier molecular flexibility index (Phi) is 4.86. The first-order valence-corrected chi connectivity index (χ1v) is 6.49. The number of ether oxygens (including phenoxy) is 1. The summed E-state index contributed by atoms with van der Waals surface area (Å²) in [5, 5.41) is 2.36. The summed E-state index contributed by atoms with van der Waals surface area (Å²) in [6.07, 6.45) is -8.44. The minimum atomic E-state index is -4.67. The number of hydrogen-bond acceptors (Lipinski definition) is 4. The molecule has 1 aromatic heterocycles. The lowest BCUT2D eigenvalue weighted by Gasteiger charge is -2.15. The molecule has 0 unspecified atom stereocenters. The second-order valence-electron chi connectivity index (χ2n) is 4.64. The summed E-state index contributed by atoms with van der Waals surface area (Å²) in [6.45, 7) is -0.403. The van der Waals surface area contributed by atoms with E-state index in [1.54, 1.807) is 0 Å². The van der Waals surface area contributed by atoms with Gasteiger partial charge >= 0.3 is 12.4 Å². The molecule has 2 rings (SSSR count). The van der Waals surface area contributed by atoms with E-state index in [-0.39, 0.29) is 11.3 Å². The van der Waals surface area contributed by atoms with Crippen molar-refractivity contribution in [2.75, 3.05) is 12.4 Å². The summed E-state index contributed by atoms with van der Waals surface area (Å²) in [7, 11) is 1.23. The molecule has 0 aliphatic heterocycles. The van der Waals surface area contributed by atoms with Crippen molar-refractivity contribution in [3.8, 4) is 5.75 Å². The van der Waals surface area contributed by atoms with Gasteiger partial charge in [0, 0.05) is 12.7 Å². The van der Waals surface area contributed by atoms with Crippen molar-refractivity contribution in [1.82, 2.24) is 9.97 Å². The van der Waals surface area contributed by atoms with Crippen LogP contribution in [0.5, 0.6) is 5.75 Å². The van der Waals surface area contributed by atoms with Crippen molar-refractivity contribution in [2.45, 2.75) is 18.9 Å². The zero-order valence-electron chi connectivity index (χ0n) is 12.2. The van der Waals surface area contributed by atoms with E-state index in [0.717, 1.165) is 12.3 Å². The largest absolute Gasteiger partial charge is 0.497 e. The van der Waals surface area contributed by atoms with Crippen LogP contribution < -0.4 is 10.1 Å². The number of rotatable bonds is 4. The molecule has 0 aliphatic rings. The number of nitrogens with zero attached hydrogens (tertiary/aromatic N) is 2. The summed E-state index contributed by atoms with van der Waals surface area (Å²) >= 11 is 0. The fraction of sp³-hybridized carbons (Fsp3) is 0.286. The van der Waals surface area contributed by atoms with Crippen LogP contribution in [0.3, 0.4) is 0 Å². The lowest BCUT2D eigenvalue weighted by atomic mass is 10.1. The molecule has 0 atom stereocenters. The fourth-order valence-electron chi connectivity index (χ4n) is 1.88. The van der Waals surface area contributed by atoms with E-state index in [4.69, 9.17) is 4.74 Å². The Hall–Kier alpha value is -2.52. The summed E-state index contributed by atoms with van der Waals surface area (Å²) < 4.78 is 81.6. The third kappa shape index (κ3) is 4.27. The summed E-state index contributed by atoms with van der Waals surface area (Å²) in [6, 6.07) is 3.96. The van der Waals surface area contributed by atoms with Gasteiger partial charge in [0.1, 0.15) is 11.4 Å². The zero-order valence-corrected chi connectivity index (χ0v) is 12.2. The van der Waals surface area contributed by atoms with E-state index >= 15 is 0 Å². The Bertz CT molecular complexity index is 714. The maximum Gasteiger partial charge on any atom is 0.433 e. The molecular weight excluding hydrogens is 340 g/mol. The van der Waals surface area contributed by atoms with E-state index in [1.165, 1.54) is 19.2 Å². The van der Waals surface area contributed by atoms with Crippen LogP contribution in [0.2, 0.25) is 0 Å². The van der Waals surface area contributed by atoms with Gasteiger partial charge in [0.15, 0.2) is 0 Å². The monoisotopic (exact) mass is 351 g/mol. The Morgan fingerprint density at radius 1 is 1.04 bits per heavy atom. The van der Waals surface area contributed by atoms with E-state index in [2.05, 4.69) is 15.3 Å². The molecule has 0 fully saturated rings. The molecule has 2 aromatic rings. The molecule has 130 valence electrons. The van der Waals surface area contributed by atoms with Crippen molar-refractivity contribution < 1.29 is 31.1 Å². The quantitative estimate of drug-likeness (QED) is 0.842. The highest BCUT2D eigenvalue weighted by Gasteiger charge is 2.34. The van der Waals surface area contributed by atoms with Gasteiger partial charge < -0.3 is 10.1 Å². The SMILES string of the molecule is COc1ccc(CNc2nccc(C(F)(F)F)n2)c(C(F)(F)F)c1. The number of benzene rings is 1. The average molecular weight is 351 g/mol. The Balaban J connectivity index is 2.24. The molecule has 0 bridgehead atoms. The Morgan fingerprint density at radius 2 is 1.75 bits per heavy atom. The second kappa shape index (κ2) is 6.54. The van der Waals surface area contributed by atoms with Crippen molar-refractivity contribution in [3.63, 3.8) is 0 Å². The smallest absolute Gasteiger partial charge is 0.433 e. The molecule has 1 heterocycles. The summed E-state index contributed by atoms with van der Waals surface area (Å²) in [5.74, 6) is -0.407. The van der Waals surface area contributed by atoms with Gasteiger partial charge in [-0.25, -0.2) is 9.97 Å². The Labute approximate surface area is 132 Å². The predicted molar refractivity (Wildman–Crippen MR) is 72.4 cm³/mol. The maximum atomic E-state index is 13.0. The van der Waals surface area contributed by atoms with Crippen LogP contribution in [0.4, 0.5) is 32.3 Å². The van der Waals surface area contributed by atoms with Gasteiger partial charge in [-0.3, -0.25) is 0 Å². The number of nitrogens with one attached hydrogen (secondary N) is 1. The van der Waals surface area contributed by atoms with Gasteiger partial charge in [-0.05, 0) is 23.8 Å². The molecule has 0 spiro atoms. The number of hydrogen-bond donors (Lipinski definition) is 1. The van der Waals surface area contributed by atoms with Gasteiger partial charge in [-0.1, -0.05) is 6.07 Å². The van der Waals surface area contributed by atoms with Crippen LogP contribution in [0.25, 0.3) is 0 Å². The third-order valence-electron chi connectivity index (χ3n) is 3.01. The first-order valence-electron chi connectivity index (χ1n) is 6.49. The highest BCUT2D eigenvalue weighted by atomic mass is 19.4. The normalized spacial score (nSPS) is 12.1. The fourth-order valence-corrected chi connectivity index (χ4v) is 1.88. The number of alkyl halides is 6.